The molecule has 0 spiro atoms. The number of aromatic amines is 1. The van der Waals surface area contributed by atoms with Crippen LogP contribution in [0, 0.1) is 0 Å². The van der Waals surface area contributed by atoms with Crippen molar-refractivity contribution in [2.75, 3.05) is 6.61 Å². The number of nitrogens with two attached hydrogens (primary N) is 1. The molecular formula is C7H9N5O2. The number of hydrogen-bond donors (Lipinski definition) is 3. The van der Waals surface area contributed by atoms with Gasteiger partial charge in [-0.2, -0.15) is 0 Å². The van der Waals surface area contributed by atoms with Gasteiger partial charge in [0.1, 0.15) is 11.7 Å². The van der Waals surface area contributed by atoms with E-state index in [0.717, 1.165) is 0 Å². The summed E-state index contributed by atoms with van der Waals surface area (Å²) >= 11 is 0. The maximum absolute atomic E-state index is 8.76. The van der Waals surface area contributed by atoms with Crippen LogP contribution in [0.15, 0.2) is 16.9 Å². The highest BCUT2D eigenvalue weighted by Crippen LogP contribution is 2.16. The number of rotatable bonds is 3. The minimum Gasteiger partial charge on any atom is -0.417 e. The molecule has 74 valence electrons. The van der Waals surface area contributed by atoms with Gasteiger partial charge in [0, 0.05) is 0 Å². The Hall–Kier alpha value is -1.73. The first-order chi connectivity index (χ1) is 6.81. The Morgan fingerprint density at radius 1 is 1.57 bits per heavy atom. The lowest BCUT2D eigenvalue weighted by Crippen LogP contribution is -2.14. The molecule has 0 saturated heterocycles. The zero-order chi connectivity index (χ0) is 9.97. The zero-order valence-electron chi connectivity index (χ0n) is 7.21. The van der Waals surface area contributed by atoms with E-state index in [2.05, 4.69) is 20.2 Å². The van der Waals surface area contributed by atoms with Crippen LogP contribution in [0.25, 0.3) is 11.6 Å². The first-order valence-electron chi connectivity index (χ1n) is 4.00. The molecule has 2 heterocycles. The third kappa shape index (κ3) is 1.50. The van der Waals surface area contributed by atoms with E-state index in [1.807, 2.05) is 0 Å². The predicted molar refractivity (Wildman–Crippen MR) is 45.9 cm³/mol. The monoisotopic (exact) mass is 195 g/mol. The van der Waals surface area contributed by atoms with Gasteiger partial charge in [-0.15, -0.1) is 10.2 Å². The molecule has 0 radical (unpaired) electrons. The Bertz CT molecular complexity index is 396. The number of aliphatic hydroxyl groups excluding tert-OH is 1. The normalized spacial score (nSPS) is 13.0. The van der Waals surface area contributed by atoms with Crippen LogP contribution < -0.4 is 5.73 Å². The fourth-order valence-corrected chi connectivity index (χ4v) is 0.944. The van der Waals surface area contributed by atoms with E-state index in [0.29, 0.717) is 11.6 Å². The summed E-state index contributed by atoms with van der Waals surface area (Å²) in [6.45, 7) is -0.232. The fourth-order valence-electron chi connectivity index (χ4n) is 0.944. The van der Waals surface area contributed by atoms with Gasteiger partial charge in [-0.05, 0) is 0 Å². The van der Waals surface area contributed by atoms with Crippen molar-refractivity contribution in [3.8, 4) is 11.6 Å². The van der Waals surface area contributed by atoms with Gasteiger partial charge < -0.3 is 20.2 Å². The first-order valence-corrected chi connectivity index (χ1v) is 4.00. The van der Waals surface area contributed by atoms with Gasteiger partial charge in [-0.3, -0.25) is 0 Å². The molecule has 7 heteroatoms. The molecule has 0 aliphatic heterocycles. The highest BCUT2D eigenvalue weighted by atomic mass is 16.4. The molecule has 0 fully saturated rings. The summed E-state index contributed by atoms with van der Waals surface area (Å²) in [5.41, 5.74) is 6.11. The topological polar surface area (TPSA) is 114 Å². The molecule has 2 aromatic rings. The van der Waals surface area contributed by atoms with Crippen molar-refractivity contribution in [3.05, 3.63) is 18.4 Å². The standard InChI is InChI=1S/C7H9N5O2/c8-4(2-13)6-11-12-7(14-6)5-1-9-3-10-5/h1,3-4,13H,2,8H2,(H,9,10). The second-order valence-electron chi connectivity index (χ2n) is 2.70. The van der Waals surface area contributed by atoms with Crippen molar-refractivity contribution in [2.24, 2.45) is 5.73 Å². The Labute approximate surface area is 79.0 Å². The number of aromatic nitrogens is 4. The molecular weight excluding hydrogens is 186 g/mol. The third-order valence-electron chi connectivity index (χ3n) is 1.68. The smallest absolute Gasteiger partial charge is 0.265 e. The Morgan fingerprint density at radius 2 is 2.43 bits per heavy atom. The number of nitrogens with zero attached hydrogens (tertiary/aromatic N) is 3. The molecule has 0 saturated carbocycles. The Balaban J connectivity index is 2.26. The fraction of sp³-hybridized carbons (Fsp3) is 0.286. The van der Waals surface area contributed by atoms with E-state index in [1.54, 1.807) is 6.20 Å². The highest BCUT2D eigenvalue weighted by molar-refractivity contribution is 5.43. The molecule has 1 atom stereocenters. The van der Waals surface area contributed by atoms with E-state index in [4.69, 9.17) is 15.3 Å². The molecule has 2 rings (SSSR count). The van der Waals surface area contributed by atoms with Crippen molar-refractivity contribution in [1.82, 2.24) is 20.2 Å². The van der Waals surface area contributed by atoms with Crippen LogP contribution >= 0.6 is 0 Å². The lowest BCUT2D eigenvalue weighted by Gasteiger charge is -1.98. The van der Waals surface area contributed by atoms with Crippen LogP contribution in [0.2, 0.25) is 0 Å². The maximum atomic E-state index is 8.76. The molecule has 0 aliphatic carbocycles. The van der Waals surface area contributed by atoms with Crippen molar-refractivity contribution < 1.29 is 9.52 Å². The van der Waals surface area contributed by atoms with Crippen molar-refractivity contribution in [3.63, 3.8) is 0 Å². The molecule has 14 heavy (non-hydrogen) atoms. The van der Waals surface area contributed by atoms with Crippen molar-refractivity contribution >= 4 is 0 Å². The average molecular weight is 195 g/mol. The van der Waals surface area contributed by atoms with E-state index in [1.165, 1.54) is 6.33 Å². The predicted octanol–water partition coefficient (Wildman–Crippen LogP) is -0.548. The zero-order valence-corrected chi connectivity index (χ0v) is 7.21. The molecule has 7 nitrogen and oxygen atoms in total. The van der Waals surface area contributed by atoms with Crippen molar-refractivity contribution in [1.29, 1.82) is 0 Å². The SMILES string of the molecule is NC(CO)c1nnc(-c2cnc[nH]2)o1. The minimum absolute atomic E-state index is 0.206. The maximum Gasteiger partial charge on any atom is 0.265 e. The first kappa shape index (κ1) is 8.85. The lowest BCUT2D eigenvalue weighted by atomic mass is 10.3. The largest absolute Gasteiger partial charge is 0.417 e. The molecule has 0 aliphatic rings. The van der Waals surface area contributed by atoms with Crippen LogP contribution in [-0.2, 0) is 0 Å². The summed E-state index contributed by atoms with van der Waals surface area (Å²) in [5.74, 6) is 0.513. The van der Waals surface area contributed by atoms with E-state index in [9.17, 15) is 0 Å². The second kappa shape index (κ2) is 3.56. The third-order valence-corrected chi connectivity index (χ3v) is 1.68. The van der Waals surface area contributed by atoms with Crippen LogP contribution in [0.4, 0.5) is 0 Å². The molecule has 0 aromatic carbocycles. The van der Waals surface area contributed by atoms with E-state index >= 15 is 0 Å². The summed E-state index contributed by atoms with van der Waals surface area (Å²) in [5, 5.41) is 16.2. The summed E-state index contributed by atoms with van der Waals surface area (Å²) < 4.78 is 5.20. The van der Waals surface area contributed by atoms with Gasteiger partial charge in [0.25, 0.3) is 5.89 Å². The van der Waals surface area contributed by atoms with E-state index < -0.39 is 6.04 Å². The number of hydrogen-bond acceptors (Lipinski definition) is 6. The van der Waals surface area contributed by atoms with Crippen LogP contribution in [0.5, 0.6) is 0 Å². The van der Waals surface area contributed by atoms with Gasteiger partial charge in [0.05, 0.1) is 19.1 Å². The summed E-state index contributed by atoms with van der Waals surface area (Å²) in [6.07, 6.45) is 3.06. The lowest BCUT2D eigenvalue weighted by molar-refractivity contribution is 0.248. The molecule has 0 amide bonds. The van der Waals surface area contributed by atoms with Gasteiger partial charge >= 0.3 is 0 Å². The van der Waals surface area contributed by atoms with Gasteiger partial charge in [-0.1, -0.05) is 0 Å². The van der Waals surface area contributed by atoms with E-state index in [-0.39, 0.29) is 12.5 Å². The molecule has 2 aromatic heterocycles. The van der Waals surface area contributed by atoms with Gasteiger partial charge in [0.2, 0.25) is 5.89 Å². The molecule has 0 bridgehead atoms. The Morgan fingerprint density at radius 3 is 3.07 bits per heavy atom. The Kier molecular flexibility index (Phi) is 2.25. The van der Waals surface area contributed by atoms with Crippen LogP contribution in [0.1, 0.15) is 11.9 Å². The summed E-state index contributed by atoms with van der Waals surface area (Å²) in [6, 6.07) is -0.640. The number of imidazole rings is 1. The summed E-state index contributed by atoms with van der Waals surface area (Å²) in [7, 11) is 0. The number of aliphatic hydroxyl groups is 1. The number of nitrogens with one attached hydrogen (secondary N) is 1. The van der Waals surface area contributed by atoms with Gasteiger partial charge in [0.15, 0.2) is 0 Å². The average Bonchev–Trinajstić information content (AvgIpc) is 2.86. The number of H-pyrrole nitrogens is 1. The van der Waals surface area contributed by atoms with Crippen LogP contribution in [0.3, 0.4) is 0 Å². The summed E-state index contributed by atoms with van der Waals surface area (Å²) in [4.78, 5) is 6.62. The molecule has 1 unspecified atom stereocenters. The van der Waals surface area contributed by atoms with Gasteiger partial charge in [-0.25, -0.2) is 4.98 Å². The van der Waals surface area contributed by atoms with Crippen LogP contribution in [-0.4, -0.2) is 31.9 Å². The second-order valence-corrected chi connectivity index (χ2v) is 2.70. The molecule has 4 N–H and O–H groups in total. The highest BCUT2D eigenvalue weighted by Gasteiger charge is 2.14. The minimum atomic E-state index is -0.640. The van der Waals surface area contributed by atoms with Crippen molar-refractivity contribution in [2.45, 2.75) is 6.04 Å². The quantitative estimate of drug-likeness (QED) is 0.605.